The maximum Gasteiger partial charge on any atom is 0.221 e. The molecule has 25 heavy (non-hydrogen) atoms. The fourth-order valence-corrected chi connectivity index (χ4v) is 4.10. The summed E-state index contributed by atoms with van der Waals surface area (Å²) in [5.74, 6) is 1.59. The fourth-order valence-electron chi connectivity index (χ4n) is 3.03. The molecule has 1 saturated heterocycles. The van der Waals surface area contributed by atoms with Crippen LogP contribution in [0.4, 0.5) is 0 Å². The highest BCUT2D eigenvalue weighted by Crippen LogP contribution is 2.31. The molecule has 1 fully saturated rings. The van der Waals surface area contributed by atoms with E-state index in [0.29, 0.717) is 41.4 Å². The van der Waals surface area contributed by atoms with Crippen LogP contribution in [0, 0.1) is 0 Å². The molecule has 0 bridgehead atoms. The second-order valence-corrected chi connectivity index (χ2v) is 7.82. The molecular formula is C17H25ClN2O4S. The van der Waals surface area contributed by atoms with Gasteiger partial charge in [-0.25, -0.2) is 0 Å². The molecule has 0 spiro atoms. The van der Waals surface area contributed by atoms with Crippen molar-refractivity contribution in [2.75, 3.05) is 25.5 Å². The molecule has 1 aromatic carbocycles. The minimum Gasteiger partial charge on any atom is -0.486 e. The van der Waals surface area contributed by atoms with Crippen LogP contribution in [0.3, 0.4) is 0 Å². The molecule has 0 aliphatic carbocycles. The van der Waals surface area contributed by atoms with Crippen LogP contribution in [-0.4, -0.2) is 47.7 Å². The molecule has 3 unspecified atom stereocenters. The minimum absolute atomic E-state index is 0. The number of ether oxygens (including phenoxy) is 2. The van der Waals surface area contributed by atoms with Crippen LogP contribution in [0.1, 0.15) is 26.2 Å². The summed E-state index contributed by atoms with van der Waals surface area (Å²) in [6.45, 7) is 4.08. The molecule has 8 heteroatoms. The summed E-state index contributed by atoms with van der Waals surface area (Å²) in [5, 5.41) is 6.41. The van der Waals surface area contributed by atoms with Gasteiger partial charge >= 0.3 is 0 Å². The predicted octanol–water partition coefficient (Wildman–Crippen LogP) is 1.63. The van der Waals surface area contributed by atoms with Gasteiger partial charge in [0.15, 0.2) is 11.5 Å². The summed E-state index contributed by atoms with van der Waals surface area (Å²) >= 11 is 0. The summed E-state index contributed by atoms with van der Waals surface area (Å²) in [7, 11) is -1.22. The first-order valence-corrected chi connectivity index (χ1v) is 9.74. The molecule has 2 N–H and O–H groups in total. The van der Waals surface area contributed by atoms with Gasteiger partial charge in [-0.3, -0.25) is 9.00 Å². The number of rotatable bonds is 5. The quantitative estimate of drug-likeness (QED) is 0.801. The lowest BCUT2D eigenvalue weighted by Gasteiger charge is -2.28. The highest BCUT2D eigenvalue weighted by Gasteiger charge is 2.20. The van der Waals surface area contributed by atoms with Crippen LogP contribution >= 0.6 is 12.4 Å². The van der Waals surface area contributed by atoms with Gasteiger partial charge in [0.05, 0.1) is 10.8 Å². The van der Waals surface area contributed by atoms with E-state index in [9.17, 15) is 9.00 Å². The van der Waals surface area contributed by atoms with Crippen molar-refractivity contribution < 1.29 is 18.5 Å². The van der Waals surface area contributed by atoms with Crippen molar-refractivity contribution in [3.8, 4) is 11.5 Å². The smallest absolute Gasteiger partial charge is 0.221 e. The van der Waals surface area contributed by atoms with Crippen molar-refractivity contribution in [1.29, 1.82) is 0 Å². The molecule has 3 rings (SSSR count). The topological polar surface area (TPSA) is 76.7 Å². The van der Waals surface area contributed by atoms with Crippen molar-refractivity contribution in [2.45, 2.75) is 43.2 Å². The van der Waals surface area contributed by atoms with E-state index in [2.05, 4.69) is 17.6 Å². The SMILES string of the molecule is CC1CC(NC(=O)CCS(=O)c2ccc3c(c2)OCCO3)CCN1.Cl. The van der Waals surface area contributed by atoms with E-state index in [1.54, 1.807) is 18.2 Å². The summed E-state index contributed by atoms with van der Waals surface area (Å²) in [6.07, 6.45) is 2.15. The largest absolute Gasteiger partial charge is 0.486 e. The van der Waals surface area contributed by atoms with Crippen LogP contribution in [0.25, 0.3) is 0 Å². The number of hydrogen-bond acceptors (Lipinski definition) is 5. The Morgan fingerprint density at radius 3 is 2.84 bits per heavy atom. The lowest BCUT2D eigenvalue weighted by Crippen LogP contribution is -2.46. The zero-order valence-electron chi connectivity index (χ0n) is 14.3. The molecule has 140 valence electrons. The number of halogens is 1. The average molecular weight is 389 g/mol. The zero-order chi connectivity index (χ0) is 16.9. The third-order valence-electron chi connectivity index (χ3n) is 4.28. The Morgan fingerprint density at radius 2 is 2.08 bits per heavy atom. The molecule has 1 amide bonds. The third kappa shape index (κ3) is 5.59. The Labute approximate surface area is 156 Å². The van der Waals surface area contributed by atoms with E-state index in [0.717, 1.165) is 19.4 Å². The lowest BCUT2D eigenvalue weighted by molar-refractivity contribution is -0.121. The molecular weight excluding hydrogens is 364 g/mol. The number of benzene rings is 1. The molecule has 3 atom stereocenters. The first-order chi connectivity index (χ1) is 11.6. The Bertz CT molecular complexity index is 629. The minimum atomic E-state index is -1.22. The highest BCUT2D eigenvalue weighted by molar-refractivity contribution is 7.85. The number of amides is 1. The van der Waals surface area contributed by atoms with Gasteiger partial charge in [-0.05, 0) is 38.4 Å². The number of piperidine rings is 1. The standard InChI is InChI=1S/C17H24N2O4S.ClH/c1-12-10-13(4-6-18-12)19-17(20)5-9-24(21)14-2-3-15-16(11-14)23-8-7-22-15;/h2-3,11-13,18H,4-10H2,1H3,(H,19,20);1H. The molecule has 1 aromatic rings. The first-order valence-electron chi connectivity index (χ1n) is 8.42. The van der Waals surface area contributed by atoms with Crippen LogP contribution in [0.15, 0.2) is 23.1 Å². The summed E-state index contributed by atoms with van der Waals surface area (Å²) < 4.78 is 23.4. The van der Waals surface area contributed by atoms with Gasteiger partial charge in [0, 0.05) is 35.2 Å². The number of fused-ring (bicyclic) bond motifs is 1. The molecule has 6 nitrogen and oxygen atoms in total. The summed E-state index contributed by atoms with van der Waals surface area (Å²) in [4.78, 5) is 12.7. The van der Waals surface area contributed by atoms with Crippen molar-refractivity contribution in [3.05, 3.63) is 18.2 Å². The van der Waals surface area contributed by atoms with Gasteiger partial charge in [0.25, 0.3) is 0 Å². The number of carbonyl (C=O) groups is 1. The monoisotopic (exact) mass is 388 g/mol. The summed E-state index contributed by atoms with van der Waals surface area (Å²) in [6, 6.07) is 5.94. The number of nitrogens with one attached hydrogen (secondary N) is 2. The maximum absolute atomic E-state index is 12.4. The van der Waals surface area contributed by atoms with Gasteiger partial charge in [0.2, 0.25) is 5.91 Å². The first kappa shape index (κ1) is 20.0. The van der Waals surface area contributed by atoms with Crippen molar-refractivity contribution in [1.82, 2.24) is 10.6 Å². The Morgan fingerprint density at radius 1 is 1.32 bits per heavy atom. The molecule has 0 aromatic heterocycles. The van der Waals surface area contributed by atoms with Crippen LogP contribution in [0.5, 0.6) is 11.5 Å². The molecule has 0 saturated carbocycles. The summed E-state index contributed by atoms with van der Waals surface area (Å²) in [5.41, 5.74) is 0. The van der Waals surface area contributed by atoms with Crippen molar-refractivity contribution >= 4 is 29.1 Å². The maximum atomic E-state index is 12.4. The average Bonchev–Trinajstić information content (AvgIpc) is 2.59. The molecule has 2 aliphatic rings. The number of carbonyl (C=O) groups excluding carboxylic acids is 1. The van der Waals surface area contributed by atoms with Gasteiger partial charge in [-0.1, -0.05) is 0 Å². The van der Waals surface area contributed by atoms with E-state index >= 15 is 0 Å². The van der Waals surface area contributed by atoms with Crippen LogP contribution in [-0.2, 0) is 15.6 Å². The normalized spacial score (nSPS) is 23.2. The highest BCUT2D eigenvalue weighted by atomic mass is 35.5. The molecule has 2 aliphatic heterocycles. The van der Waals surface area contributed by atoms with Gasteiger partial charge in [-0.15, -0.1) is 12.4 Å². The third-order valence-corrected chi connectivity index (χ3v) is 5.63. The fraction of sp³-hybridized carbons (Fsp3) is 0.588. The molecule has 0 radical (unpaired) electrons. The predicted molar refractivity (Wildman–Crippen MR) is 99.2 cm³/mol. The molecule has 2 heterocycles. The van der Waals surface area contributed by atoms with Crippen LogP contribution in [0.2, 0.25) is 0 Å². The Kier molecular flexibility index (Phi) is 7.53. The van der Waals surface area contributed by atoms with Crippen molar-refractivity contribution in [3.63, 3.8) is 0 Å². The Hall–Kier alpha value is -1.31. The van der Waals surface area contributed by atoms with E-state index in [-0.39, 0.29) is 30.8 Å². The van der Waals surface area contributed by atoms with E-state index in [1.165, 1.54) is 0 Å². The van der Waals surface area contributed by atoms with E-state index in [4.69, 9.17) is 9.47 Å². The second-order valence-electron chi connectivity index (χ2n) is 6.25. The number of hydrogen-bond donors (Lipinski definition) is 2. The lowest BCUT2D eigenvalue weighted by atomic mass is 10.0. The van der Waals surface area contributed by atoms with Crippen LogP contribution < -0.4 is 20.1 Å². The van der Waals surface area contributed by atoms with Gasteiger partial charge in [-0.2, -0.15) is 0 Å². The zero-order valence-corrected chi connectivity index (χ0v) is 15.9. The van der Waals surface area contributed by atoms with E-state index < -0.39 is 10.8 Å². The Balaban J connectivity index is 0.00000225. The van der Waals surface area contributed by atoms with E-state index in [1.807, 2.05) is 0 Å². The van der Waals surface area contributed by atoms with Crippen molar-refractivity contribution in [2.24, 2.45) is 0 Å². The van der Waals surface area contributed by atoms with Gasteiger partial charge in [0.1, 0.15) is 13.2 Å². The second kappa shape index (κ2) is 9.40. The van der Waals surface area contributed by atoms with Gasteiger partial charge < -0.3 is 20.1 Å².